The van der Waals surface area contributed by atoms with Crippen molar-refractivity contribution in [1.29, 1.82) is 0 Å². The molecule has 0 aromatic heterocycles. The average molecular weight is 325 g/mol. The molecule has 3 N–H and O–H groups in total. The minimum Gasteiger partial charge on any atom is -0.492 e. The molecular weight excluding hydrogens is 302 g/mol. The summed E-state index contributed by atoms with van der Waals surface area (Å²) in [6, 6.07) is 17.9. The molecule has 0 saturated carbocycles. The lowest BCUT2D eigenvalue weighted by Crippen LogP contribution is -2.37. The van der Waals surface area contributed by atoms with Gasteiger partial charge in [0, 0.05) is 6.54 Å². The predicted molar refractivity (Wildman–Crippen MR) is 93.5 cm³/mol. The number of benzene rings is 2. The molecule has 1 heterocycles. The van der Waals surface area contributed by atoms with Crippen molar-refractivity contribution in [2.75, 3.05) is 19.7 Å². The van der Waals surface area contributed by atoms with E-state index in [-0.39, 0.29) is 17.9 Å². The second kappa shape index (κ2) is 7.95. The maximum absolute atomic E-state index is 12.4. The van der Waals surface area contributed by atoms with Gasteiger partial charge in [-0.15, -0.1) is 0 Å². The molecule has 5 nitrogen and oxygen atoms in total. The van der Waals surface area contributed by atoms with Crippen LogP contribution in [-0.4, -0.2) is 25.6 Å². The first kappa shape index (κ1) is 16.5. The Bertz CT molecular complexity index is 658. The van der Waals surface area contributed by atoms with Crippen molar-refractivity contribution in [3.05, 3.63) is 65.7 Å². The SMILES string of the molecule is Cc1ccc(OCCNC(=O)C2CNNC2c2ccccc2)cc1. The molecule has 24 heavy (non-hydrogen) atoms. The zero-order valence-corrected chi connectivity index (χ0v) is 13.8. The topological polar surface area (TPSA) is 62.4 Å². The van der Waals surface area contributed by atoms with Gasteiger partial charge < -0.3 is 10.1 Å². The number of amides is 1. The van der Waals surface area contributed by atoms with E-state index in [0.717, 1.165) is 11.3 Å². The number of hydrogen-bond acceptors (Lipinski definition) is 4. The molecule has 1 amide bonds. The fourth-order valence-electron chi connectivity index (χ4n) is 2.83. The lowest BCUT2D eigenvalue weighted by Gasteiger charge is -2.18. The molecular formula is C19H23N3O2. The van der Waals surface area contributed by atoms with Crippen LogP contribution in [0.3, 0.4) is 0 Å². The molecule has 1 fully saturated rings. The van der Waals surface area contributed by atoms with Crippen molar-refractivity contribution in [2.45, 2.75) is 13.0 Å². The molecule has 0 bridgehead atoms. The van der Waals surface area contributed by atoms with Gasteiger partial charge in [0.15, 0.2) is 0 Å². The van der Waals surface area contributed by atoms with E-state index in [1.54, 1.807) is 0 Å². The van der Waals surface area contributed by atoms with Crippen molar-refractivity contribution in [1.82, 2.24) is 16.2 Å². The predicted octanol–water partition coefficient (Wildman–Crippen LogP) is 1.96. The molecule has 2 atom stereocenters. The first-order valence-electron chi connectivity index (χ1n) is 8.24. The first-order valence-corrected chi connectivity index (χ1v) is 8.24. The molecule has 2 aromatic rings. The van der Waals surface area contributed by atoms with Gasteiger partial charge in [0.2, 0.25) is 5.91 Å². The third-order valence-corrected chi connectivity index (χ3v) is 4.17. The molecule has 5 heteroatoms. The summed E-state index contributed by atoms with van der Waals surface area (Å²) in [5.41, 5.74) is 8.57. The van der Waals surface area contributed by atoms with Crippen LogP contribution in [0.1, 0.15) is 17.2 Å². The van der Waals surface area contributed by atoms with Crippen molar-refractivity contribution in [3.63, 3.8) is 0 Å². The van der Waals surface area contributed by atoms with Crippen LogP contribution in [0.5, 0.6) is 5.75 Å². The molecule has 0 aliphatic carbocycles. The molecule has 2 unspecified atom stereocenters. The zero-order valence-electron chi connectivity index (χ0n) is 13.8. The molecule has 1 aliphatic rings. The number of hydrazine groups is 1. The summed E-state index contributed by atoms with van der Waals surface area (Å²) in [4.78, 5) is 12.4. The number of ether oxygens (including phenoxy) is 1. The number of hydrogen-bond donors (Lipinski definition) is 3. The minimum absolute atomic E-state index is 0.00998. The molecule has 3 rings (SSSR count). The summed E-state index contributed by atoms with van der Waals surface area (Å²) in [6.07, 6.45) is 0. The lowest BCUT2D eigenvalue weighted by molar-refractivity contribution is -0.125. The third-order valence-electron chi connectivity index (χ3n) is 4.17. The Kier molecular flexibility index (Phi) is 5.46. The van der Waals surface area contributed by atoms with Gasteiger partial charge in [-0.1, -0.05) is 48.0 Å². The number of rotatable bonds is 6. The smallest absolute Gasteiger partial charge is 0.226 e. The number of carbonyl (C=O) groups excluding carboxylic acids is 1. The van der Waals surface area contributed by atoms with Crippen molar-refractivity contribution in [2.24, 2.45) is 5.92 Å². The van der Waals surface area contributed by atoms with Crippen LogP contribution < -0.4 is 20.9 Å². The monoisotopic (exact) mass is 325 g/mol. The Morgan fingerprint density at radius 3 is 2.67 bits per heavy atom. The highest BCUT2D eigenvalue weighted by molar-refractivity contribution is 5.80. The normalized spacial score (nSPS) is 19.9. The van der Waals surface area contributed by atoms with Crippen LogP contribution in [0, 0.1) is 12.8 Å². The van der Waals surface area contributed by atoms with E-state index in [1.807, 2.05) is 61.5 Å². The maximum Gasteiger partial charge on any atom is 0.226 e. The first-order chi connectivity index (χ1) is 11.7. The van der Waals surface area contributed by atoms with Crippen LogP contribution in [0.2, 0.25) is 0 Å². The van der Waals surface area contributed by atoms with Gasteiger partial charge in [0.1, 0.15) is 12.4 Å². The molecule has 1 aliphatic heterocycles. The summed E-state index contributed by atoms with van der Waals surface area (Å²) in [5, 5.41) is 2.96. The highest BCUT2D eigenvalue weighted by Gasteiger charge is 2.33. The molecule has 126 valence electrons. The van der Waals surface area contributed by atoms with Gasteiger partial charge in [-0.25, -0.2) is 5.43 Å². The highest BCUT2D eigenvalue weighted by Crippen LogP contribution is 2.24. The Morgan fingerprint density at radius 1 is 1.17 bits per heavy atom. The summed E-state index contributed by atoms with van der Waals surface area (Å²) < 4.78 is 5.64. The largest absolute Gasteiger partial charge is 0.492 e. The van der Waals surface area contributed by atoms with Crippen LogP contribution in [-0.2, 0) is 4.79 Å². The van der Waals surface area contributed by atoms with E-state index in [1.165, 1.54) is 5.56 Å². The van der Waals surface area contributed by atoms with Gasteiger partial charge in [-0.3, -0.25) is 10.2 Å². The molecule has 2 aromatic carbocycles. The second-order valence-electron chi connectivity index (χ2n) is 5.97. The third kappa shape index (κ3) is 4.13. The van der Waals surface area contributed by atoms with E-state index in [9.17, 15) is 4.79 Å². The van der Waals surface area contributed by atoms with Gasteiger partial charge in [0.05, 0.1) is 18.5 Å². The Balaban J connectivity index is 1.47. The highest BCUT2D eigenvalue weighted by atomic mass is 16.5. The Hall–Kier alpha value is -2.37. The summed E-state index contributed by atoms with van der Waals surface area (Å²) >= 11 is 0. The van der Waals surface area contributed by atoms with Crippen LogP contribution in [0.25, 0.3) is 0 Å². The van der Waals surface area contributed by atoms with E-state index >= 15 is 0 Å². The second-order valence-corrected chi connectivity index (χ2v) is 5.97. The van der Waals surface area contributed by atoms with Crippen LogP contribution in [0.4, 0.5) is 0 Å². The molecule has 0 spiro atoms. The summed E-state index contributed by atoms with van der Waals surface area (Å²) in [5.74, 6) is 0.724. The van der Waals surface area contributed by atoms with Gasteiger partial charge in [-0.05, 0) is 24.6 Å². The Labute approximate surface area is 142 Å². The van der Waals surface area contributed by atoms with Crippen molar-refractivity contribution in [3.8, 4) is 5.75 Å². The van der Waals surface area contributed by atoms with E-state index in [0.29, 0.717) is 19.7 Å². The van der Waals surface area contributed by atoms with Gasteiger partial charge in [0.25, 0.3) is 0 Å². The number of carbonyl (C=O) groups is 1. The minimum atomic E-state index is -0.133. The van der Waals surface area contributed by atoms with Gasteiger partial charge >= 0.3 is 0 Å². The number of aryl methyl sites for hydroxylation is 1. The Morgan fingerprint density at radius 2 is 1.92 bits per heavy atom. The standard InChI is InChI=1S/C19H23N3O2/c1-14-7-9-16(10-8-14)24-12-11-20-19(23)17-13-21-22-18(17)15-5-3-2-4-6-15/h2-10,17-18,21-22H,11-13H2,1H3,(H,20,23). The number of nitrogens with one attached hydrogen (secondary N) is 3. The average Bonchev–Trinajstić information content (AvgIpc) is 3.11. The quantitative estimate of drug-likeness (QED) is 0.711. The van der Waals surface area contributed by atoms with Crippen LogP contribution >= 0.6 is 0 Å². The van der Waals surface area contributed by atoms with Gasteiger partial charge in [-0.2, -0.15) is 0 Å². The fraction of sp³-hybridized carbons (Fsp3) is 0.316. The van der Waals surface area contributed by atoms with E-state index < -0.39 is 0 Å². The maximum atomic E-state index is 12.4. The summed E-state index contributed by atoms with van der Waals surface area (Å²) in [7, 11) is 0. The molecule has 1 saturated heterocycles. The van der Waals surface area contributed by atoms with E-state index in [2.05, 4.69) is 16.2 Å². The van der Waals surface area contributed by atoms with E-state index in [4.69, 9.17) is 4.74 Å². The van der Waals surface area contributed by atoms with Crippen molar-refractivity contribution < 1.29 is 9.53 Å². The molecule has 0 radical (unpaired) electrons. The van der Waals surface area contributed by atoms with Crippen molar-refractivity contribution >= 4 is 5.91 Å². The zero-order chi connectivity index (χ0) is 16.8. The fourth-order valence-corrected chi connectivity index (χ4v) is 2.83. The van der Waals surface area contributed by atoms with Crippen LogP contribution in [0.15, 0.2) is 54.6 Å². The summed E-state index contributed by atoms with van der Waals surface area (Å²) in [6.45, 7) is 3.60. The lowest BCUT2D eigenvalue weighted by atomic mass is 9.94.